The van der Waals surface area contributed by atoms with Crippen molar-refractivity contribution in [2.24, 2.45) is 0 Å². The number of nitrogens with zero attached hydrogens (tertiary/aromatic N) is 2. The van der Waals surface area contributed by atoms with Crippen LogP contribution in [-0.2, 0) is 10.2 Å². The zero-order chi connectivity index (χ0) is 24.2. The van der Waals surface area contributed by atoms with Crippen LogP contribution in [0.2, 0.25) is 5.02 Å². The fraction of sp³-hybridized carbons (Fsp3) is 0.385. The highest BCUT2D eigenvalue weighted by molar-refractivity contribution is 7.16. The van der Waals surface area contributed by atoms with Gasteiger partial charge in [-0.15, -0.1) is 0 Å². The van der Waals surface area contributed by atoms with E-state index < -0.39 is 5.41 Å². The number of nitrogens with one attached hydrogen (secondary N) is 1. The molecule has 1 aromatic heterocycles. The molecule has 2 aliphatic heterocycles. The average Bonchev–Trinajstić information content (AvgIpc) is 3.13. The number of aryl methyl sites for hydroxylation is 1. The lowest BCUT2D eigenvalue weighted by molar-refractivity contribution is -0.118. The normalized spacial score (nSPS) is 21.2. The lowest BCUT2D eigenvalue weighted by Crippen LogP contribution is -2.28. The molecule has 0 spiro atoms. The van der Waals surface area contributed by atoms with E-state index in [0.29, 0.717) is 28.2 Å². The fourth-order valence-corrected chi connectivity index (χ4v) is 6.46. The van der Waals surface area contributed by atoms with Gasteiger partial charge in [0.25, 0.3) is 0 Å². The minimum absolute atomic E-state index is 0.0532. The largest absolute Gasteiger partial charge is 0.454 e. The van der Waals surface area contributed by atoms with Crippen molar-refractivity contribution >= 4 is 34.0 Å². The molecule has 1 saturated carbocycles. The molecule has 9 heteroatoms. The van der Waals surface area contributed by atoms with E-state index in [0.717, 1.165) is 47.5 Å². The Morgan fingerprint density at radius 3 is 2.80 bits per heavy atom. The summed E-state index contributed by atoms with van der Waals surface area (Å²) in [6, 6.07) is 13.4. The maximum Gasteiger partial charge on any atom is 0.236 e. The Morgan fingerprint density at radius 2 is 2.06 bits per heavy atom. The maximum absolute atomic E-state index is 13.4. The summed E-state index contributed by atoms with van der Waals surface area (Å²) in [5.74, 6) is 1.34. The SMILES string of the molecule is Cc1nc(NC(=O)C2(c3ccc4c(c3)OCO4)CC2)sc1[C@@H](c1ccccc1Cl)N1CC[C@H](O)C1. The first-order valence-electron chi connectivity index (χ1n) is 11.8. The van der Waals surface area contributed by atoms with Crippen molar-refractivity contribution in [1.29, 1.82) is 0 Å². The first-order chi connectivity index (χ1) is 16.9. The number of hydrogen-bond donors (Lipinski definition) is 2. The van der Waals surface area contributed by atoms with Crippen molar-refractivity contribution in [1.82, 2.24) is 9.88 Å². The van der Waals surface area contributed by atoms with Crippen LogP contribution in [0.15, 0.2) is 42.5 Å². The summed E-state index contributed by atoms with van der Waals surface area (Å²) in [7, 11) is 0. The van der Waals surface area contributed by atoms with E-state index in [1.54, 1.807) is 0 Å². The number of ether oxygens (including phenoxy) is 2. The van der Waals surface area contributed by atoms with Crippen LogP contribution in [0.25, 0.3) is 0 Å². The molecule has 3 heterocycles. The van der Waals surface area contributed by atoms with Crippen molar-refractivity contribution in [2.75, 3.05) is 25.2 Å². The van der Waals surface area contributed by atoms with E-state index in [-0.39, 0.29) is 24.8 Å². The molecule has 2 fully saturated rings. The van der Waals surface area contributed by atoms with Gasteiger partial charge in [-0.25, -0.2) is 4.98 Å². The number of carbonyl (C=O) groups excluding carboxylic acids is 1. The average molecular weight is 512 g/mol. The second-order valence-electron chi connectivity index (χ2n) is 9.43. The molecule has 3 aromatic rings. The van der Waals surface area contributed by atoms with Crippen LogP contribution in [-0.4, -0.2) is 46.9 Å². The molecule has 1 aliphatic carbocycles. The number of carbonyl (C=O) groups is 1. The quantitative estimate of drug-likeness (QED) is 0.501. The van der Waals surface area contributed by atoms with Crippen LogP contribution in [0.3, 0.4) is 0 Å². The van der Waals surface area contributed by atoms with E-state index in [1.807, 2.05) is 49.4 Å². The lowest BCUT2D eigenvalue weighted by atomic mass is 9.94. The standard InChI is InChI=1S/C26H26ClN3O4S/c1-15-23(22(30-11-8-17(31)13-30)18-4-2-3-5-19(18)27)35-25(28-15)29-24(32)26(9-10-26)16-6-7-20-21(12-16)34-14-33-20/h2-7,12,17,22,31H,8-11,13-14H2,1H3,(H,28,29,32)/t17-,22+/m0/s1. The number of likely N-dealkylation sites (tertiary alicyclic amines) is 1. The van der Waals surface area contributed by atoms with Gasteiger partial charge in [0.05, 0.1) is 28.1 Å². The molecule has 0 radical (unpaired) electrons. The van der Waals surface area contributed by atoms with E-state index >= 15 is 0 Å². The predicted molar refractivity (Wildman–Crippen MR) is 134 cm³/mol. The monoisotopic (exact) mass is 511 g/mol. The second-order valence-corrected chi connectivity index (χ2v) is 10.9. The molecule has 1 saturated heterocycles. The van der Waals surface area contributed by atoms with Crippen molar-refractivity contribution in [3.8, 4) is 11.5 Å². The van der Waals surface area contributed by atoms with Crippen LogP contribution in [0, 0.1) is 6.92 Å². The Labute approximate surface area is 212 Å². The molecule has 35 heavy (non-hydrogen) atoms. The first kappa shape index (κ1) is 22.8. The van der Waals surface area contributed by atoms with Gasteiger partial charge in [-0.05, 0) is 55.5 Å². The van der Waals surface area contributed by atoms with E-state index in [9.17, 15) is 9.90 Å². The van der Waals surface area contributed by atoms with Gasteiger partial charge < -0.3 is 19.9 Å². The Hall–Kier alpha value is -2.65. The van der Waals surface area contributed by atoms with Crippen molar-refractivity contribution in [2.45, 2.75) is 43.7 Å². The van der Waals surface area contributed by atoms with Crippen LogP contribution in [0.1, 0.15) is 47.0 Å². The molecule has 182 valence electrons. The molecule has 0 bridgehead atoms. The number of β-amino-alcohol motifs (C(OH)–C–C–N with tert-alkyl or cyclic N) is 1. The molecule has 3 aliphatic rings. The van der Waals surface area contributed by atoms with Gasteiger partial charge >= 0.3 is 0 Å². The van der Waals surface area contributed by atoms with Gasteiger partial charge in [-0.1, -0.05) is 47.2 Å². The van der Waals surface area contributed by atoms with E-state index in [1.165, 1.54) is 11.3 Å². The molecule has 1 amide bonds. The molecule has 7 nitrogen and oxygen atoms in total. The van der Waals surface area contributed by atoms with Gasteiger partial charge in [0.1, 0.15) is 0 Å². The zero-order valence-corrected chi connectivity index (χ0v) is 20.9. The number of hydrogen-bond acceptors (Lipinski definition) is 7. The molecule has 0 unspecified atom stereocenters. The summed E-state index contributed by atoms with van der Waals surface area (Å²) in [6.07, 6.45) is 1.93. The lowest BCUT2D eigenvalue weighted by Gasteiger charge is -2.28. The topological polar surface area (TPSA) is 83.9 Å². The summed E-state index contributed by atoms with van der Waals surface area (Å²) in [6.45, 7) is 3.51. The molecule has 6 rings (SSSR count). The Kier molecular flexibility index (Phi) is 5.72. The summed E-state index contributed by atoms with van der Waals surface area (Å²) < 4.78 is 10.9. The number of aliphatic hydroxyl groups excluding tert-OH is 1. The van der Waals surface area contributed by atoms with Crippen molar-refractivity contribution in [3.63, 3.8) is 0 Å². The Morgan fingerprint density at radius 1 is 1.26 bits per heavy atom. The summed E-state index contributed by atoms with van der Waals surface area (Å²) in [5, 5.41) is 14.5. The number of aromatic nitrogens is 1. The highest BCUT2D eigenvalue weighted by Gasteiger charge is 2.52. The summed E-state index contributed by atoms with van der Waals surface area (Å²) in [4.78, 5) is 21.4. The van der Waals surface area contributed by atoms with Crippen LogP contribution in [0.5, 0.6) is 11.5 Å². The summed E-state index contributed by atoms with van der Waals surface area (Å²) in [5.41, 5.74) is 2.20. The van der Waals surface area contributed by atoms with E-state index in [2.05, 4.69) is 10.2 Å². The summed E-state index contributed by atoms with van der Waals surface area (Å²) >= 11 is 8.09. The first-order valence-corrected chi connectivity index (χ1v) is 13.0. The molecular weight excluding hydrogens is 486 g/mol. The minimum Gasteiger partial charge on any atom is -0.454 e. The van der Waals surface area contributed by atoms with Crippen molar-refractivity contribution < 1.29 is 19.4 Å². The third-order valence-electron chi connectivity index (χ3n) is 7.17. The number of aliphatic hydroxyl groups is 1. The highest BCUT2D eigenvalue weighted by Crippen LogP contribution is 2.51. The van der Waals surface area contributed by atoms with Crippen LogP contribution in [0.4, 0.5) is 5.13 Å². The predicted octanol–water partition coefficient (Wildman–Crippen LogP) is 4.66. The number of anilines is 1. The van der Waals surface area contributed by atoms with Crippen LogP contribution < -0.4 is 14.8 Å². The van der Waals surface area contributed by atoms with Crippen LogP contribution >= 0.6 is 22.9 Å². The Bertz CT molecular complexity index is 1290. The van der Waals surface area contributed by atoms with Crippen molar-refractivity contribution in [3.05, 3.63) is 69.2 Å². The molecule has 2 atom stereocenters. The fourth-order valence-electron chi connectivity index (χ4n) is 5.10. The minimum atomic E-state index is -0.568. The number of thiazole rings is 1. The highest BCUT2D eigenvalue weighted by atomic mass is 35.5. The third kappa shape index (κ3) is 4.08. The van der Waals surface area contributed by atoms with Gasteiger partial charge in [-0.3, -0.25) is 9.69 Å². The molecule has 2 N–H and O–H groups in total. The number of fused-ring (bicyclic) bond motifs is 1. The third-order valence-corrected chi connectivity index (χ3v) is 8.64. The number of rotatable bonds is 6. The zero-order valence-electron chi connectivity index (χ0n) is 19.3. The number of benzene rings is 2. The molecular formula is C26H26ClN3O4S. The number of amides is 1. The van der Waals surface area contributed by atoms with E-state index in [4.69, 9.17) is 26.1 Å². The maximum atomic E-state index is 13.4. The van der Waals surface area contributed by atoms with Gasteiger partial charge in [0.15, 0.2) is 16.6 Å². The van der Waals surface area contributed by atoms with Gasteiger partial charge in [0, 0.05) is 18.1 Å². The van der Waals surface area contributed by atoms with Gasteiger partial charge in [0.2, 0.25) is 12.7 Å². The van der Waals surface area contributed by atoms with Gasteiger partial charge in [-0.2, -0.15) is 0 Å². The second kappa shape index (κ2) is 8.78. The number of halogens is 1. The Balaban J connectivity index is 1.28. The smallest absolute Gasteiger partial charge is 0.236 e. The molecule has 2 aromatic carbocycles.